The molecule has 1 aliphatic carbocycles. The lowest BCUT2D eigenvalue weighted by atomic mass is 9.94. The van der Waals surface area contributed by atoms with E-state index in [-0.39, 0.29) is 0 Å². The predicted molar refractivity (Wildman–Crippen MR) is 51.6 cm³/mol. The average molecular weight is 207 g/mol. The minimum Gasteiger partial charge on any atom is -0.278 e. The van der Waals surface area contributed by atoms with E-state index in [1.54, 1.807) is 0 Å². The highest BCUT2D eigenvalue weighted by molar-refractivity contribution is 6.64. The molecule has 1 rings (SSSR count). The SMILES string of the molecule is O=C(Cl)C(F)CC1CCCCCC1. The van der Waals surface area contributed by atoms with Crippen molar-refractivity contribution in [2.75, 3.05) is 0 Å². The molecular formula is C10H16ClFO. The lowest BCUT2D eigenvalue weighted by Crippen LogP contribution is -2.14. The first-order valence-corrected chi connectivity index (χ1v) is 5.41. The maximum atomic E-state index is 13.0. The van der Waals surface area contributed by atoms with Gasteiger partial charge >= 0.3 is 0 Å². The Kier molecular flexibility index (Phi) is 4.71. The second-order valence-electron chi connectivity index (χ2n) is 3.86. The summed E-state index contributed by atoms with van der Waals surface area (Å²) in [6.07, 6.45) is 5.87. The average Bonchev–Trinajstić information content (AvgIpc) is 2.32. The number of hydrogen-bond donors (Lipinski definition) is 0. The zero-order valence-electron chi connectivity index (χ0n) is 7.77. The second-order valence-corrected chi connectivity index (χ2v) is 4.24. The van der Waals surface area contributed by atoms with Gasteiger partial charge in [-0.2, -0.15) is 0 Å². The summed E-state index contributed by atoms with van der Waals surface area (Å²) >= 11 is 5.07. The summed E-state index contributed by atoms with van der Waals surface area (Å²) in [6.45, 7) is 0. The monoisotopic (exact) mass is 206 g/mol. The number of hydrogen-bond acceptors (Lipinski definition) is 1. The molecule has 3 heteroatoms. The zero-order valence-corrected chi connectivity index (χ0v) is 8.52. The summed E-state index contributed by atoms with van der Waals surface area (Å²) in [6, 6.07) is 0. The predicted octanol–water partition coefficient (Wildman–Crippen LogP) is 3.45. The first kappa shape index (κ1) is 11.0. The summed E-state index contributed by atoms with van der Waals surface area (Å²) in [5.74, 6) is 0.375. The lowest BCUT2D eigenvalue weighted by Gasteiger charge is -2.14. The molecule has 1 aliphatic rings. The fourth-order valence-corrected chi connectivity index (χ4v) is 2.07. The minimum absolute atomic E-state index is 0.336. The molecule has 1 unspecified atom stereocenters. The van der Waals surface area contributed by atoms with Crippen LogP contribution in [0.3, 0.4) is 0 Å². The number of rotatable bonds is 3. The first-order valence-electron chi connectivity index (χ1n) is 5.03. The van der Waals surface area contributed by atoms with Gasteiger partial charge in [-0.25, -0.2) is 4.39 Å². The Morgan fingerprint density at radius 3 is 2.31 bits per heavy atom. The third-order valence-corrected chi connectivity index (χ3v) is 3.00. The van der Waals surface area contributed by atoms with Crippen molar-refractivity contribution in [1.29, 1.82) is 0 Å². The van der Waals surface area contributed by atoms with Gasteiger partial charge in [-0.3, -0.25) is 4.79 Å². The standard InChI is InChI=1S/C10H16ClFO/c11-10(13)9(12)7-8-5-3-1-2-4-6-8/h8-9H,1-7H2. The molecule has 0 aromatic carbocycles. The topological polar surface area (TPSA) is 17.1 Å². The van der Waals surface area contributed by atoms with Crippen molar-refractivity contribution in [3.8, 4) is 0 Å². The van der Waals surface area contributed by atoms with Gasteiger partial charge in [-0.05, 0) is 23.9 Å². The Labute approximate surface area is 83.6 Å². The van der Waals surface area contributed by atoms with Gasteiger partial charge in [0, 0.05) is 0 Å². The maximum Gasteiger partial charge on any atom is 0.255 e. The van der Waals surface area contributed by atoms with Crippen LogP contribution in [0.4, 0.5) is 4.39 Å². The number of carbonyl (C=O) groups excluding carboxylic acids is 1. The molecule has 1 atom stereocenters. The first-order chi connectivity index (χ1) is 6.20. The summed E-state index contributed by atoms with van der Waals surface area (Å²) in [5, 5.41) is -0.829. The van der Waals surface area contributed by atoms with Crippen LogP contribution in [0.5, 0.6) is 0 Å². The van der Waals surface area contributed by atoms with Gasteiger partial charge in [0.05, 0.1) is 0 Å². The smallest absolute Gasteiger partial charge is 0.255 e. The van der Waals surface area contributed by atoms with Gasteiger partial charge in [0.15, 0.2) is 6.17 Å². The Balaban J connectivity index is 2.29. The molecule has 1 nitrogen and oxygen atoms in total. The van der Waals surface area contributed by atoms with Crippen LogP contribution >= 0.6 is 11.6 Å². The molecule has 0 amide bonds. The van der Waals surface area contributed by atoms with Gasteiger partial charge < -0.3 is 0 Å². The molecule has 0 aliphatic heterocycles. The van der Waals surface area contributed by atoms with Gasteiger partial charge in [0.25, 0.3) is 5.24 Å². The molecule has 0 aromatic heterocycles. The van der Waals surface area contributed by atoms with E-state index in [2.05, 4.69) is 0 Å². The van der Waals surface area contributed by atoms with Crippen LogP contribution in [0.2, 0.25) is 0 Å². The van der Waals surface area contributed by atoms with Gasteiger partial charge in [0.2, 0.25) is 0 Å². The third kappa shape index (κ3) is 4.08. The van der Waals surface area contributed by atoms with Crippen molar-refractivity contribution in [2.24, 2.45) is 5.92 Å². The molecule has 0 spiro atoms. The summed E-state index contributed by atoms with van der Waals surface area (Å²) < 4.78 is 13.0. The van der Waals surface area contributed by atoms with Gasteiger partial charge in [-0.15, -0.1) is 0 Å². The number of alkyl halides is 1. The Morgan fingerprint density at radius 2 is 1.85 bits per heavy atom. The van der Waals surface area contributed by atoms with Crippen LogP contribution in [0.15, 0.2) is 0 Å². The molecule has 13 heavy (non-hydrogen) atoms. The van der Waals surface area contributed by atoms with Crippen LogP contribution in [0.25, 0.3) is 0 Å². The van der Waals surface area contributed by atoms with E-state index in [0.717, 1.165) is 12.8 Å². The zero-order chi connectivity index (χ0) is 9.68. The van der Waals surface area contributed by atoms with E-state index in [9.17, 15) is 9.18 Å². The van der Waals surface area contributed by atoms with Crippen LogP contribution < -0.4 is 0 Å². The van der Waals surface area contributed by atoms with Crippen molar-refractivity contribution < 1.29 is 9.18 Å². The highest BCUT2D eigenvalue weighted by Crippen LogP contribution is 2.27. The van der Waals surface area contributed by atoms with Crippen LogP contribution in [0, 0.1) is 5.92 Å². The Bertz CT molecular complexity index is 164. The lowest BCUT2D eigenvalue weighted by molar-refractivity contribution is -0.116. The van der Waals surface area contributed by atoms with Crippen LogP contribution in [0.1, 0.15) is 44.9 Å². The fraction of sp³-hybridized carbons (Fsp3) is 0.900. The van der Waals surface area contributed by atoms with Crippen LogP contribution in [-0.4, -0.2) is 11.4 Å². The van der Waals surface area contributed by atoms with Gasteiger partial charge in [0.1, 0.15) is 0 Å². The molecule has 0 bridgehead atoms. The largest absolute Gasteiger partial charge is 0.278 e. The van der Waals surface area contributed by atoms with E-state index in [4.69, 9.17) is 11.6 Å². The summed E-state index contributed by atoms with van der Waals surface area (Å²) in [4.78, 5) is 10.5. The fourth-order valence-electron chi connectivity index (χ4n) is 1.98. The van der Waals surface area contributed by atoms with Crippen molar-refractivity contribution in [3.05, 3.63) is 0 Å². The van der Waals surface area contributed by atoms with Crippen molar-refractivity contribution in [3.63, 3.8) is 0 Å². The molecule has 76 valence electrons. The Morgan fingerprint density at radius 1 is 1.31 bits per heavy atom. The molecule has 0 heterocycles. The van der Waals surface area contributed by atoms with E-state index < -0.39 is 11.4 Å². The molecule has 0 radical (unpaired) electrons. The molecule has 0 saturated heterocycles. The number of halogens is 2. The molecule has 1 fully saturated rings. The maximum absolute atomic E-state index is 13.0. The minimum atomic E-state index is -1.44. The highest BCUT2D eigenvalue weighted by atomic mass is 35.5. The normalized spacial score (nSPS) is 22.3. The molecule has 0 aromatic rings. The van der Waals surface area contributed by atoms with E-state index in [1.807, 2.05) is 0 Å². The summed E-state index contributed by atoms with van der Waals surface area (Å²) in [5.41, 5.74) is 0. The third-order valence-electron chi connectivity index (χ3n) is 2.76. The van der Waals surface area contributed by atoms with E-state index >= 15 is 0 Å². The van der Waals surface area contributed by atoms with Crippen molar-refractivity contribution in [2.45, 2.75) is 51.1 Å². The molecule has 1 saturated carbocycles. The van der Waals surface area contributed by atoms with E-state index in [0.29, 0.717) is 12.3 Å². The molecule has 0 N–H and O–H groups in total. The van der Waals surface area contributed by atoms with Crippen LogP contribution in [-0.2, 0) is 4.79 Å². The molecular weight excluding hydrogens is 191 g/mol. The Hall–Kier alpha value is -0.110. The van der Waals surface area contributed by atoms with E-state index in [1.165, 1.54) is 25.7 Å². The highest BCUT2D eigenvalue weighted by Gasteiger charge is 2.21. The van der Waals surface area contributed by atoms with Gasteiger partial charge in [-0.1, -0.05) is 38.5 Å². The second kappa shape index (κ2) is 5.58. The summed E-state index contributed by atoms with van der Waals surface area (Å²) in [7, 11) is 0. The number of carbonyl (C=O) groups is 1. The van der Waals surface area contributed by atoms with Crippen molar-refractivity contribution >= 4 is 16.8 Å². The quantitative estimate of drug-likeness (QED) is 0.511. The van der Waals surface area contributed by atoms with Crippen molar-refractivity contribution in [1.82, 2.24) is 0 Å².